The molecule has 2 saturated heterocycles. The molecule has 0 atom stereocenters. The molecule has 3 heterocycles. The molecule has 4 aromatic rings. The second kappa shape index (κ2) is 13.4. The topological polar surface area (TPSA) is 98.8 Å². The van der Waals surface area contributed by atoms with Crippen LogP contribution in [-0.4, -0.2) is 73.0 Å². The first-order valence-electron chi connectivity index (χ1n) is 15.4. The van der Waals surface area contributed by atoms with Gasteiger partial charge in [-0.3, -0.25) is 9.59 Å². The third kappa shape index (κ3) is 7.24. The van der Waals surface area contributed by atoms with Crippen molar-refractivity contribution in [2.75, 3.05) is 62.3 Å². The highest BCUT2D eigenvalue weighted by molar-refractivity contribution is 6.11. The summed E-state index contributed by atoms with van der Waals surface area (Å²) in [6, 6.07) is 19.4. The number of fused-ring (bicyclic) bond motifs is 2. The highest BCUT2D eigenvalue weighted by atomic mass is 16.5. The zero-order chi connectivity index (χ0) is 29.6. The van der Waals surface area contributed by atoms with E-state index in [0.717, 1.165) is 89.6 Å². The maximum absolute atomic E-state index is 12.8. The number of hydrogen-bond acceptors (Lipinski definition) is 7. The summed E-state index contributed by atoms with van der Waals surface area (Å²) in [7, 11) is 1.65. The fourth-order valence-electron chi connectivity index (χ4n) is 6.03. The van der Waals surface area contributed by atoms with Crippen molar-refractivity contribution >= 4 is 56.4 Å². The van der Waals surface area contributed by atoms with Crippen molar-refractivity contribution in [3.8, 4) is 5.75 Å². The highest BCUT2D eigenvalue weighted by Crippen LogP contribution is 2.36. The van der Waals surface area contributed by atoms with Crippen LogP contribution in [0.2, 0.25) is 0 Å². The lowest BCUT2D eigenvalue weighted by Gasteiger charge is -2.17. The summed E-state index contributed by atoms with van der Waals surface area (Å²) >= 11 is 0. The van der Waals surface area contributed by atoms with E-state index in [2.05, 4.69) is 25.8 Å². The Morgan fingerprint density at radius 3 is 1.63 bits per heavy atom. The van der Waals surface area contributed by atoms with Gasteiger partial charge in [0.15, 0.2) is 0 Å². The Kier molecular flexibility index (Phi) is 9.00. The summed E-state index contributed by atoms with van der Waals surface area (Å²) in [4.78, 5) is 35.2. The molecule has 0 aliphatic carbocycles. The maximum Gasteiger partial charge on any atom is 0.225 e. The molecule has 0 spiro atoms. The van der Waals surface area contributed by atoms with Crippen molar-refractivity contribution < 1.29 is 14.3 Å². The number of amides is 2. The largest absolute Gasteiger partial charge is 0.497 e. The SMILES string of the molecule is COc1ccc(Nc2c3cc(NC(=O)CCN4CCCC4)ccc3nc3ccc(NC(=O)CCN4CCCC4)cc23)cc1. The van der Waals surface area contributed by atoms with Gasteiger partial charge < -0.3 is 30.5 Å². The number of hydrogen-bond donors (Lipinski definition) is 3. The van der Waals surface area contributed by atoms with E-state index in [1.54, 1.807) is 7.11 Å². The van der Waals surface area contributed by atoms with Crippen LogP contribution in [0.15, 0.2) is 60.7 Å². The number of carbonyl (C=O) groups excluding carboxylic acids is 2. The summed E-state index contributed by atoms with van der Waals surface area (Å²) in [6.45, 7) is 5.85. The molecule has 0 saturated carbocycles. The minimum absolute atomic E-state index is 0.00332. The van der Waals surface area contributed by atoms with Crippen LogP contribution in [0.25, 0.3) is 21.8 Å². The third-order valence-corrected chi connectivity index (χ3v) is 8.41. The van der Waals surface area contributed by atoms with Crippen molar-refractivity contribution in [2.24, 2.45) is 0 Å². The van der Waals surface area contributed by atoms with E-state index >= 15 is 0 Å². The number of nitrogens with one attached hydrogen (secondary N) is 3. The number of carbonyl (C=O) groups is 2. The standard InChI is InChI=1S/C34H40N6O3/c1-43-27-10-6-24(7-11-27)37-34-28-22-25(35-32(41)14-20-39-16-2-3-17-39)8-12-30(28)38-31-13-9-26(23-29(31)34)36-33(42)15-21-40-18-4-5-19-40/h6-13,22-23H,2-5,14-21H2,1H3,(H,35,41)(H,36,42)(H,37,38). The predicted octanol–water partition coefficient (Wildman–Crippen LogP) is 5.99. The number of aromatic nitrogens is 1. The van der Waals surface area contributed by atoms with Crippen molar-refractivity contribution in [1.29, 1.82) is 0 Å². The number of ether oxygens (including phenoxy) is 1. The van der Waals surface area contributed by atoms with Gasteiger partial charge in [-0.2, -0.15) is 0 Å². The molecule has 1 aromatic heterocycles. The van der Waals surface area contributed by atoms with Crippen LogP contribution in [0.3, 0.4) is 0 Å². The Hall–Kier alpha value is -4.21. The lowest BCUT2D eigenvalue weighted by atomic mass is 10.1. The lowest BCUT2D eigenvalue weighted by Crippen LogP contribution is -2.25. The van der Waals surface area contributed by atoms with Gasteiger partial charge in [-0.05, 0) is 113 Å². The fraction of sp³-hybridized carbons (Fsp3) is 0.382. The number of benzene rings is 3. The third-order valence-electron chi connectivity index (χ3n) is 8.41. The van der Waals surface area contributed by atoms with Crippen LogP contribution in [0.4, 0.5) is 22.7 Å². The van der Waals surface area contributed by atoms with Crippen molar-refractivity contribution in [2.45, 2.75) is 38.5 Å². The van der Waals surface area contributed by atoms with E-state index in [1.165, 1.54) is 25.7 Å². The van der Waals surface area contributed by atoms with Crippen LogP contribution in [0, 0.1) is 0 Å². The van der Waals surface area contributed by atoms with Crippen molar-refractivity contribution in [3.63, 3.8) is 0 Å². The monoisotopic (exact) mass is 580 g/mol. The normalized spacial score (nSPS) is 15.7. The number of rotatable bonds is 11. The molecule has 224 valence electrons. The Morgan fingerprint density at radius 1 is 0.698 bits per heavy atom. The summed E-state index contributed by atoms with van der Waals surface area (Å²) < 4.78 is 5.35. The Morgan fingerprint density at radius 2 is 1.16 bits per heavy atom. The van der Waals surface area contributed by atoms with Crippen LogP contribution in [0.1, 0.15) is 38.5 Å². The Labute approximate surface area is 252 Å². The number of methoxy groups -OCH3 is 1. The summed E-state index contributed by atoms with van der Waals surface area (Å²) in [5.74, 6) is 0.778. The molecule has 0 bridgehead atoms. The van der Waals surface area contributed by atoms with E-state index in [4.69, 9.17) is 9.72 Å². The van der Waals surface area contributed by atoms with Crippen LogP contribution in [0.5, 0.6) is 5.75 Å². The molecule has 0 radical (unpaired) electrons. The molecule has 9 heteroatoms. The van der Waals surface area contributed by atoms with E-state index in [1.807, 2.05) is 60.7 Å². The second-order valence-electron chi connectivity index (χ2n) is 11.5. The first kappa shape index (κ1) is 28.9. The van der Waals surface area contributed by atoms with E-state index in [9.17, 15) is 9.59 Å². The molecule has 6 rings (SSSR count). The van der Waals surface area contributed by atoms with Gasteiger partial charge in [0.1, 0.15) is 5.75 Å². The number of anilines is 4. The van der Waals surface area contributed by atoms with Crippen molar-refractivity contribution in [1.82, 2.24) is 14.8 Å². The molecule has 43 heavy (non-hydrogen) atoms. The maximum atomic E-state index is 12.8. The molecule has 0 unspecified atom stereocenters. The molecule has 2 aliphatic rings. The lowest BCUT2D eigenvalue weighted by molar-refractivity contribution is -0.117. The van der Waals surface area contributed by atoms with Gasteiger partial charge >= 0.3 is 0 Å². The van der Waals surface area contributed by atoms with Gasteiger partial charge in [0.25, 0.3) is 0 Å². The van der Waals surface area contributed by atoms with Gasteiger partial charge in [-0.15, -0.1) is 0 Å². The predicted molar refractivity (Wildman–Crippen MR) is 173 cm³/mol. The minimum Gasteiger partial charge on any atom is -0.497 e. The number of pyridine rings is 1. The molecular weight excluding hydrogens is 540 g/mol. The Bertz CT molecular complexity index is 1500. The van der Waals surface area contributed by atoms with Gasteiger partial charge in [-0.1, -0.05) is 0 Å². The first-order chi connectivity index (χ1) is 21.0. The van der Waals surface area contributed by atoms with E-state index in [0.29, 0.717) is 12.8 Å². The average Bonchev–Trinajstić information content (AvgIpc) is 3.75. The summed E-state index contributed by atoms with van der Waals surface area (Å²) in [5.41, 5.74) is 4.80. The summed E-state index contributed by atoms with van der Waals surface area (Å²) in [6.07, 6.45) is 5.77. The van der Waals surface area contributed by atoms with Crippen LogP contribution < -0.4 is 20.7 Å². The summed E-state index contributed by atoms with van der Waals surface area (Å²) in [5, 5.41) is 11.5. The minimum atomic E-state index is 0.00332. The van der Waals surface area contributed by atoms with Gasteiger partial charge in [0.05, 0.1) is 23.8 Å². The quantitative estimate of drug-likeness (QED) is 0.188. The van der Waals surface area contributed by atoms with E-state index < -0.39 is 0 Å². The molecule has 2 aliphatic heterocycles. The van der Waals surface area contributed by atoms with Gasteiger partial charge in [0, 0.05) is 53.8 Å². The molecule has 2 amide bonds. The van der Waals surface area contributed by atoms with Gasteiger partial charge in [0.2, 0.25) is 11.8 Å². The number of likely N-dealkylation sites (tertiary alicyclic amines) is 2. The zero-order valence-electron chi connectivity index (χ0n) is 24.8. The van der Waals surface area contributed by atoms with Gasteiger partial charge in [-0.25, -0.2) is 4.98 Å². The molecule has 3 aromatic carbocycles. The van der Waals surface area contributed by atoms with Crippen LogP contribution >= 0.6 is 0 Å². The first-order valence-corrected chi connectivity index (χ1v) is 15.4. The molecule has 9 nitrogen and oxygen atoms in total. The van der Waals surface area contributed by atoms with Crippen LogP contribution in [-0.2, 0) is 9.59 Å². The van der Waals surface area contributed by atoms with E-state index in [-0.39, 0.29) is 11.8 Å². The van der Waals surface area contributed by atoms with Crippen molar-refractivity contribution in [3.05, 3.63) is 60.7 Å². The zero-order valence-corrected chi connectivity index (χ0v) is 24.8. The highest BCUT2D eigenvalue weighted by Gasteiger charge is 2.16. The second-order valence-corrected chi connectivity index (χ2v) is 11.5. The molecular formula is C34H40N6O3. The molecule has 3 N–H and O–H groups in total. The fourth-order valence-corrected chi connectivity index (χ4v) is 6.03. The average molecular weight is 581 g/mol. The smallest absolute Gasteiger partial charge is 0.225 e. The number of nitrogens with zero attached hydrogens (tertiary/aromatic N) is 3. The Balaban J connectivity index is 1.29. The molecule has 2 fully saturated rings.